The van der Waals surface area contributed by atoms with Gasteiger partial charge in [-0.25, -0.2) is 4.79 Å². The van der Waals surface area contributed by atoms with Crippen molar-refractivity contribution in [2.75, 3.05) is 7.11 Å². The molecule has 1 unspecified atom stereocenters. The van der Waals surface area contributed by atoms with Crippen LogP contribution in [0.4, 0.5) is 0 Å². The first-order chi connectivity index (χ1) is 9.85. The molecule has 0 aromatic heterocycles. The van der Waals surface area contributed by atoms with Crippen molar-refractivity contribution in [1.29, 1.82) is 0 Å². The summed E-state index contributed by atoms with van der Waals surface area (Å²) in [6.45, 7) is 0. The van der Waals surface area contributed by atoms with Crippen molar-refractivity contribution in [2.24, 2.45) is 5.73 Å². The van der Waals surface area contributed by atoms with Gasteiger partial charge in [-0.3, -0.25) is 9.59 Å². The SMILES string of the molecule is COc1ccc(C(=O)NC(CCC(N)=O)C(=O)O)cc1Br. The van der Waals surface area contributed by atoms with Gasteiger partial charge in [0.15, 0.2) is 0 Å². The molecule has 1 aromatic carbocycles. The molecule has 1 aromatic rings. The maximum absolute atomic E-state index is 12.0. The Morgan fingerprint density at radius 3 is 2.57 bits per heavy atom. The predicted octanol–water partition coefficient (Wildman–Crippen LogP) is 0.906. The van der Waals surface area contributed by atoms with E-state index < -0.39 is 23.8 Å². The standard InChI is InChI=1S/C13H15BrN2O5/c1-21-10-4-2-7(6-8(10)14)12(18)16-9(13(19)20)3-5-11(15)17/h2,4,6,9H,3,5H2,1H3,(H2,15,17)(H,16,18)(H,19,20). The van der Waals surface area contributed by atoms with E-state index in [1.54, 1.807) is 6.07 Å². The zero-order valence-corrected chi connectivity index (χ0v) is 12.8. The van der Waals surface area contributed by atoms with Crippen LogP contribution in [0, 0.1) is 0 Å². The lowest BCUT2D eigenvalue weighted by molar-refractivity contribution is -0.139. The van der Waals surface area contributed by atoms with Gasteiger partial charge in [0.25, 0.3) is 5.91 Å². The summed E-state index contributed by atoms with van der Waals surface area (Å²) in [4.78, 5) is 33.7. The topological polar surface area (TPSA) is 119 Å². The molecular formula is C13H15BrN2O5. The van der Waals surface area contributed by atoms with Crippen LogP contribution in [-0.4, -0.2) is 36.0 Å². The maximum Gasteiger partial charge on any atom is 0.326 e. The summed E-state index contributed by atoms with van der Waals surface area (Å²) < 4.78 is 5.61. The van der Waals surface area contributed by atoms with Gasteiger partial charge in [-0.2, -0.15) is 0 Å². The van der Waals surface area contributed by atoms with E-state index in [2.05, 4.69) is 21.2 Å². The van der Waals surface area contributed by atoms with Crippen molar-refractivity contribution < 1.29 is 24.2 Å². The minimum absolute atomic E-state index is 0.0618. The van der Waals surface area contributed by atoms with E-state index in [0.29, 0.717) is 10.2 Å². The predicted molar refractivity (Wildman–Crippen MR) is 78.0 cm³/mol. The van der Waals surface area contributed by atoms with Gasteiger partial charge in [0.05, 0.1) is 11.6 Å². The van der Waals surface area contributed by atoms with Gasteiger partial charge < -0.3 is 20.9 Å². The first-order valence-electron chi connectivity index (χ1n) is 6.00. The van der Waals surface area contributed by atoms with Gasteiger partial charge in [-0.05, 0) is 40.5 Å². The molecule has 0 spiro atoms. The molecule has 21 heavy (non-hydrogen) atoms. The molecule has 1 atom stereocenters. The molecule has 0 aliphatic rings. The second-order valence-corrected chi connectivity index (χ2v) is 5.07. The Morgan fingerprint density at radius 2 is 2.10 bits per heavy atom. The third-order valence-electron chi connectivity index (χ3n) is 2.70. The molecule has 0 radical (unpaired) electrons. The van der Waals surface area contributed by atoms with Crippen molar-refractivity contribution in [2.45, 2.75) is 18.9 Å². The van der Waals surface area contributed by atoms with Gasteiger partial charge in [-0.15, -0.1) is 0 Å². The molecule has 2 amide bonds. The molecule has 7 nitrogen and oxygen atoms in total. The molecule has 4 N–H and O–H groups in total. The lowest BCUT2D eigenvalue weighted by Crippen LogP contribution is -2.41. The number of carbonyl (C=O) groups excluding carboxylic acids is 2. The highest BCUT2D eigenvalue weighted by Gasteiger charge is 2.21. The summed E-state index contributed by atoms with van der Waals surface area (Å²) in [6, 6.07) is 3.43. The highest BCUT2D eigenvalue weighted by molar-refractivity contribution is 9.10. The lowest BCUT2D eigenvalue weighted by Gasteiger charge is -2.14. The Morgan fingerprint density at radius 1 is 1.43 bits per heavy atom. The van der Waals surface area contributed by atoms with Crippen LogP contribution in [0.3, 0.4) is 0 Å². The van der Waals surface area contributed by atoms with E-state index in [1.165, 1.54) is 19.2 Å². The number of carboxylic acids is 1. The Bertz CT molecular complexity index is 561. The highest BCUT2D eigenvalue weighted by atomic mass is 79.9. The summed E-state index contributed by atoms with van der Waals surface area (Å²) in [6.07, 6.45) is -0.183. The number of halogens is 1. The Labute approximate surface area is 129 Å². The van der Waals surface area contributed by atoms with Crippen molar-refractivity contribution in [3.8, 4) is 5.75 Å². The molecule has 0 aliphatic heterocycles. The van der Waals surface area contributed by atoms with Gasteiger partial charge >= 0.3 is 5.97 Å². The smallest absolute Gasteiger partial charge is 0.326 e. The number of ether oxygens (including phenoxy) is 1. The monoisotopic (exact) mass is 358 g/mol. The molecule has 114 valence electrons. The number of benzene rings is 1. The Hall–Kier alpha value is -2.09. The van der Waals surface area contributed by atoms with Gasteiger partial charge in [0.2, 0.25) is 5.91 Å². The Kier molecular flexibility index (Phi) is 6.16. The van der Waals surface area contributed by atoms with Crippen molar-refractivity contribution in [1.82, 2.24) is 5.32 Å². The van der Waals surface area contributed by atoms with Crippen LogP contribution in [0.1, 0.15) is 23.2 Å². The number of amides is 2. The van der Waals surface area contributed by atoms with E-state index in [1.807, 2.05) is 0 Å². The Balaban J connectivity index is 2.79. The number of nitrogens with two attached hydrogens (primary N) is 1. The molecule has 0 fully saturated rings. The van der Waals surface area contributed by atoms with Crippen LogP contribution >= 0.6 is 15.9 Å². The van der Waals surface area contributed by atoms with E-state index >= 15 is 0 Å². The third-order valence-corrected chi connectivity index (χ3v) is 3.32. The van der Waals surface area contributed by atoms with Crippen LogP contribution in [0.25, 0.3) is 0 Å². The maximum atomic E-state index is 12.0. The lowest BCUT2D eigenvalue weighted by atomic mass is 10.1. The molecular weight excluding hydrogens is 344 g/mol. The molecule has 0 saturated heterocycles. The number of methoxy groups -OCH3 is 1. The summed E-state index contributed by atoms with van der Waals surface area (Å²) in [5.74, 6) is -1.86. The second-order valence-electron chi connectivity index (χ2n) is 4.22. The average Bonchev–Trinajstić information content (AvgIpc) is 2.42. The van der Waals surface area contributed by atoms with Gasteiger partial charge in [0.1, 0.15) is 11.8 Å². The van der Waals surface area contributed by atoms with Crippen molar-refractivity contribution >= 4 is 33.7 Å². The number of carbonyl (C=O) groups is 3. The second kappa shape index (κ2) is 7.63. The summed E-state index contributed by atoms with van der Waals surface area (Å²) in [7, 11) is 1.49. The van der Waals surface area contributed by atoms with E-state index in [4.69, 9.17) is 15.6 Å². The zero-order chi connectivity index (χ0) is 16.0. The van der Waals surface area contributed by atoms with E-state index in [0.717, 1.165) is 0 Å². The largest absolute Gasteiger partial charge is 0.496 e. The number of hydrogen-bond donors (Lipinski definition) is 3. The fourth-order valence-electron chi connectivity index (χ4n) is 1.59. The number of hydrogen-bond acceptors (Lipinski definition) is 4. The van der Waals surface area contributed by atoms with Crippen LogP contribution in [0.2, 0.25) is 0 Å². The minimum atomic E-state index is -1.22. The van der Waals surface area contributed by atoms with Crippen molar-refractivity contribution in [3.05, 3.63) is 28.2 Å². The average molecular weight is 359 g/mol. The first kappa shape index (κ1) is 17.0. The fourth-order valence-corrected chi connectivity index (χ4v) is 2.13. The molecule has 0 aliphatic carbocycles. The van der Waals surface area contributed by atoms with Crippen LogP contribution < -0.4 is 15.8 Å². The molecule has 0 bridgehead atoms. The summed E-state index contributed by atoms with van der Waals surface area (Å²) in [5.41, 5.74) is 5.24. The highest BCUT2D eigenvalue weighted by Crippen LogP contribution is 2.25. The van der Waals surface area contributed by atoms with Crippen molar-refractivity contribution in [3.63, 3.8) is 0 Å². The number of rotatable bonds is 7. The van der Waals surface area contributed by atoms with Crippen LogP contribution in [0.15, 0.2) is 22.7 Å². The molecule has 0 saturated carbocycles. The first-order valence-corrected chi connectivity index (χ1v) is 6.80. The van der Waals surface area contributed by atoms with E-state index in [9.17, 15) is 14.4 Å². The van der Waals surface area contributed by atoms with Crippen LogP contribution in [-0.2, 0) is 9.59 Å². The normalized spacial score (nSPS) is 11.5. The van der Waals surface area contributed by atoms with Crippen LogP contribution in [0.5, 0.6) is 5.75 Å². The van der Waals surface area contributed by atoms with E-state index in [-0.39, 0.29) is 18.4 Å². The summed E-state index contributed by atoms with van der Waals surface area (Å²) >= 11 is 3.24. The number of primary amides is 1. The minimum Gasteiger partial charge on any atom is -0.496 e. The zero-order valence-electron chi connectivity index (χ0n) is 11.3. The number of carboxylic acid groups (broad SMARTS) is 1. The molecule has 8 heteroatoms. The summed E-state index contributed by atoms with van der Waals surface area (Å²) in [5, 5.41) is 11.4. The van der Waals surface area contributed by atoms with Gasteiger partial charge in [0, 0.05) is 12.0 Å². The van der Waals surface area contributed by atoms with Gasteiger partial charge in [-0.1, -0.05) is 0 Å². The number of nitrogens with one attached hydrogen (secondary N) is 1. The molecule has 0 heterocycles. The fraction of sp³-hybridized carbons (Fsp3) is 0.308. The third kappa shape index (κ3) is 5.07. The quantitative estimate of drug-likeness (QED) is 0.669. The molecule has 1 rings (SSSR count). The number of aliphatic carboxylic acids is 1.